The van der Waals surface area contributed by atoms with Crippen molar-refractivity contribution in [2.75, 3.05) is 34.5 Å². The molecule has 4 nitrogen and oxygen atoms in total. The summed E-state index contributed by atoms with van der Waals surface area (Å²) >= 11 is 0. The maximum atomic E-state index is 11.4. The Morgan fingerprint density at radius 2 is 1.84 bits per heavy atom. The Hall–Kier alpha value is -0.680. The van der Waals surface area contributed by atoms with Crippen molar-refractivity contribution < 1.29 is 9.84 Å². The highest BCUT2D eigenvalue weighted by molar-refractivity contribution is 5.38. The van der Waals surface area contributed by atoms with E-state index in [1.807, 2.05) is 0 Å². The molecule has 4 heteroatoms. The van der Waals surface area contributed by atoms with Gasteiger partial charge in [-0.05, 0) is 94.8 Å². The van der Waals surface area contributed by atoms with E-state index in [1.165, 1.54) is 25.7 Å². The Kier molecular flexibility index (Phi) is 5.53. The van der Waals surface area contributed by atoms with Crippen LogP contribution in [0.5, 0.6) is 0 Å². The van der Waals surface area contributed by atoms with E-state index in [1.54, 1.807) is 11.1 Å². The van der Waals surface area contributed by atoms with Gasteiger partial charge in [0.05, 0.1) is 19.4 Å². The van der Waals surface area contributed by atoms with Crippen molar-refractivity contribution >= 4 is 0 Å². The Bertz CT molecular complexity index is 820. The average molecular weight is 443 g/mol. The molecule has 1 N–H and O–H groups in total. The summed E-state index contributed by atoms with van der Waals surface area (Å²) in [7, 11) is 6.58. The summed E-state index contributed by atoms with van der Waals surface area (Å²) in [5, 5.41) is 11.4. The van der Waals surface area contributed by atoms with Crippen LogP contribution in [0.15, 0.2) is 23.3 Å². The molecule has 0 aromatic rings. The standard InChI is InChI=1S/C28H46N2O2/c1-18(29(5)6)25-23(31)15-28(4)22-10-9-21-19(14-20(22)12-13-27(25,28)3)8-11-24-26(21,2)16-32-17-30(24)7/h12,14,18,21-25,31H,8-11,13,15-17H2,1-7H3/t18-,21+,22+,23+,24-,25-,26-,27+,28-/m0/s1. The highest BCUT2D eigenvalue weighted by Crippen LogP contribution is 2.68. The van der Waals surface area contributed by atoms with E-state index >= 15 is 0 Å². The third-order valence-corrected chi connectivity index (χ3v) is 11.4. The van der Waals surface area contributed by atoms with Crippen molar-refractivity contribution in [2.24, 2.45) is 34.0 Å². The summed E-state index contributed by atoms with van der Waals surface area (Å²) in [6.07, 6.45) is 12.0. The first kappa shape index (κ1) is 23.1. The van der Waals surface area contributed by atoms with E-state index in [2.05, 4.69) is 70.8 Å². The summed E-state index contributed by atoms with van der Waals surface area (Å²) in [5.74, 6) is 1.49. The van der Waals surface area contributed by atoms with Crippen molar-refractivity contribution in [3.63, 3.8) is 0 Å². The van der Waals surface area contributed by atoms with Gasteiger partial charge in [0.1, 0.15) is 0 Å². The number of nitrogens with zero attached hydrogens (tertiary/aromatic N) is 2. The quantitative estimate of drug-likeness (QED) is 0.672. The number of aliphatic hydroxyl groups is 1. The number of allylic oxidation sites excluding steroid dienone is 4. The van der Waals surface area contributed by atoms with Crippen LogP contribution in [0.2, 0.25) is 0 Å². The topological polar surface area (TPSA) is 35.9 Å². The van der Waals surface area contributed by atoms with Crippen LogP contribution in [-0.2, 0) is 4.74 Å². The summed E-state index contributed by atoms with van der Waals surface area (Å²) in [4.78, 5) is 4.77. The van der Waals surface area contributed by atoms with Gasteiger partial charge in [-0.3, -0.25) is 4.90 Å². The van der Waals surface area contributed by atoms with Gasteiger partial charge in [-0.1, -0.05) is 38.5 Å². The molecule has 0 spiro atoms. The maximum absolute atomic E-state index is 11.4. The summed E-state index contributed by atoms with van der Waals surface area (Å²) < 4.78 is 6.09. The van der Waals surface area contributed by atoms with Crippen LogP contribution in [0.4, 0.5) is 0 Å². The molecule has 1 aliphatic heterocycles. The lowest BCUT2D eigenvalue weighted by Crippen LogP contribution is -2.58. The minimum Gasteiger partial charge on any atom is -0.393 e. The number of aliphatic hydroxyl groups excluding tert-OH is 1. The molecule has 180 valence electrons. The molecule has 0 aromatic heterocycles. The molecule has 0 aromatic carbocycles. The molecule has 0 bridgehead atoms. The van der Waals surface area contributed by atoms with Gasteiger partial charge in [-0.25, -0.2) is 0 Å². The number of rotatable bonds is 2. The van der Waals surface area contributed by atoms with Crippen LogP contribution in [-0.4, -0.2) is 67.6 Å². The molecule has 0 unspecified atom stereocenters. The molecule has 5 rings (SSSR count). The number of ether oxygens (including phenoxy) is 1. The van der Waals surface area contributed by atoms with E-state index in [4.69, 9.17) is 4.74 Å². The molecule has 1 saturated heterocycles. The molecule has 2 saturated carbocycles. The minimum absolute atomic E-state index is 0.138. The van der Waals surface area contributed by atoms with E-state index in [-0.39, 0.29) is 22.3 Å². The minimum atomic E-state index is -0.212. The largest absolute Gasteiger partial charge is 0.393 e. The summed E-state index contributed by atoms with van der Waals surface area (Å²) in [6.45, 7) is 11.5. The molecule has 5 aliphatic rings. The second-order valence-electron chi connectivity index (χ2n) is 12.9. The Morgan fingerprint density at radius 3 is 2.56 bits per heavy atom. The van der Waals surface area contributed by atoms with Gasteiger partial charge in [0.25, 0.3) is 0 Å². The second-order valence-corrected chi connectivity index (χ2v) is 12.9. The lowest BCUT2D eigenvalue weighted by molar-refractivity contribution is -0.143. The molecule has 3 fully saturated rings. The number of hydrogen-bond acceptors (Lipinski definition) is 4. The molecule has 32 heavy (non-hydrogen) atoms. The monoisotopic (exact) mass is 442 g/mol. The van der Waals surface area contributed by atoms with Gasteiger partial charge in [0, 0.05) is 23.4 Å². The highest BCUT2D eigenvalue weighted by atomic mass is 16.5. The van der Waals surface area contributed by atoms with Gasteiger partial charge < -0.3 is 14.7 Å². The smallest absolute Gasteiger partial charge is 0.0990 e. The van der Waals surface area contributed by atoms with Crippen LogP contribution < -0.4 is 0 Å². The van der Waals surface area contributed by atoms with Gasteiger partial charge in [-0.15, -0.1) is 0 Å². The van der Waals surface area contributed by atoms with Crippen LogP contribution in [0, 0.1) is 34.0 Å². The first-order valence-electron chi connectivity index (χ1n) is 13.1. The Labute approximate surface area is 196 Å². The van der Waals surface area contributed by atoms with Crippen molar-refractivity contribution in [1.82, 2.24) is 9.80 Å². The normalized spacial score (nSPS) is 49.8. The van der Waals surface area contributed by atoms with Crippen LogP contribution in [0.25, 0.3) is 0 Å². The van der Waals surface area contributed by atoms with E-state index < -0.39 is 0 Å². The van der Waals surface area contributed by atoms with Gasteiger partial charge in [0.15, 0.2) is 0 Å². The van der Waals surface area contributed by atoms with E-state index in [0.29, 0.717) is 29.8 Å². The molecular formula is C28H46N2O2. The lowest BCUT2D eigenvalue weighted by Gasteiger charge is -2.55. The van der Waals surface area contributed by atoms with E-state index in [0.717, 1.165) is 26.2 Å². The average Bonchev–Trinajstić information content (AvgIpc) is 2.83. The van der Waals surface area contributed by atoms with Gasteiger partial charge in [0.2, 0.25) is 0 Å². The maximum Gasteiger partial charge on any atom is 0.0990 e. The predicted molar refractivity (Wildman–Crippen MR) is 130 cm³/mol. The Morgan fingerprint density at radius 1 is 1.12 bits per heavy atom. The zero-order chi connectivity index (χ0) is 23.1. The zero-order valence-corrected chi connectivity index (χ0v) is 21.5. The van der Waals surface area contributed by atoms with Crippen molar-refractivity contribution in [2.45, 2.75) is 84.4 Å². The molecule has 0 amide bonds. The third-order valence-electron chi connectivity index (χ3n) is 11.4. The fraction of sp³-hybridized carbons (Fsp3) is 0.857. The fourth-order valence-corrected chi connectivity index (χ4v) is 9.29. The van der Waals surface area contributed by atoms with Crippen molar-refractivity contribution in [3.8, 4) is 0 Å². The van der Waals surface area contributed by atoms with Crippen LogP contribution in [0.1, 0.15) is 66.2 Å². The van der Waals surface area contributed by atoms with Crippen LogP contribution >= 0.6 is 0 Å². The van der Waals surface area contributed by atoms with Crippen LogP contribution in [0.3, 0.4) is 0 Å². The molecule has 1 heterocycles. The SMILES string of the molecule is C[C@@H]([C@H]1[C@H](O)C[C@@]2(C)[C@@H]3CC[C@@H]4C(=CC3=CC[C@]12C)CC[C@@H]1N(C)COC[C@@]41C)N(C)C. The number of hydrogen-bond donors (Lipinski definition) is 1. The fourth-order valence-electron chi connectivity index (χ4n) is 9.29. The lowest BCUT2D eigenvalue weighted by atomic mass is 9.51. The first-order valence-corrected chi connectivity index (χ1v) is 13.1. The molecular weight excluding hydrogens is 396 g/mol. The number of fused-ring (bicyclic) bond motifs is 6. The molecule has 9 atom stereocenters. The van der Waals surface area contributed by atoms with Gasteiger partial charge in [-0.2, -0.15) is 0 Å². The van der Waals surface area contributed by atoms with Crippen molar-refractivity contribution in [1.29, 1.82) is 0 Å². The third kappa shape index (κ3) is 3.01. The van der Waals surface area contributed by atoms with Gasteiger partial charge >= 0.3 is 0 Å². The summed E-state index contributed by atoms with van der Waals surface area (Å²) in [5.41, 5.74) is 3.77. The second kappa shape index (κ2) is 7.66. The first-order chi connectivity index (χ1) is 15.0. The summed E-state index contributed by atoms with van der Waals surface area (Å²) in [6, 6.07) is 1.01. The predicted octanol–water partition coefficient (Wildman–Crippen LogP) is 4.70. The molecule has 4 aliphatic carbocycles. The molecule has 0 radical (unpaired) electrons. The highest BCUT2D eigenvalue weighted by Gasteiger charge is 2.64. The zero-order valence-electron chi connectivity index (χ0n) is 21.5. The Balaban J connectivity index is 1.50. The van der Waals surface area contributed by atoms with E-state index in [9.17, 15) is 5.11 Å². The van der Waals surface area contributed by atoms with Crippen molar-refractivity contribution in [3.05, 3.63) is 23.3 Å².